The molecule has 0 spiro atoms. The van der Waals surface area contributed by atoms with E-state index in [2.05, 4.69) is 29.6 Å². The van der Waals surface area contributed by atoms with Crippen molar-refractivity contribution in [2.75, 3.05) is 19.8 Å². The van der Waals surface area contributed by atoms with E-state index in [4.69, 9.17) is 4.74 Å². The van der Waals surface area contributed by atoms with Gasteiger partial charge in [-0.3, -0.25) is 0 Å². The normalized spacial score (nSPS) is 15.2. The maximum atomic E-state index is 5.60. The summed E-state index contributed by atoms with van der Waals surface area (Å²) in [6.45, 7) is 2.83. The van der Waals surface area contributed by atoms with Crippen molar-refractivity contribution in [2.24, 2.45) is 0 Å². The number of nitrogens with one attached hydrogen (secondary N) is 1. The molecule has 0 heterocycles. The summed E-state index contributed by atoms with van der Waals surface area (Å²) in [6, 6.07) is 11.3. The van der Waals surface area contributed by atoms with Crippen LogP contribution in [0.3, 0.4) is 0 Å². The van der Waals surface area contributed by atoms with Crippen molar-refractivity contribution in [3.8, 4) is 0 Å². The molecule has 0 radical (unpaired) electrons. The first-order valence-electron chi connectivity index (χ1n) is 6.30. The summed E-state index contributed by atoms with van der Waals surface area (Å²) >= 11 is 0. The summed E-state index contributed by atoms with van der Waals surface area (Å²) in [5, 5.41) is 3.49. The van der Waals surface area contributed by atoms with Gasteiger partial charge >= 0.3 is 0 Å². The van der Waals surface area contributed by atoms with E-state index in [1.165, 1.54) is 18.4 Å². The Bertz CT molecular complexity index is 282. The first kappa shape index (κ1) is 11.6. The highest BCUT2D eigenvalue weighted by atomic mass is 16.5. The topological polar surface area (TPSA) is 21.3 Å². The van der Waals surface area contributed by atoms with Crippen LogP contribution in [0.4, 0.5) is 0 Å². The maximum absolute atomic E-state index is 5.60. The van der Waals surface area contributed by atoms with E-state index in [0.717, 1.165) is 38.6 Å². The molecule has 1 fully saturated rings. The summed E-state index contributed by atoms with van der Waals surface area (Å²) in [5.74, 6) is 0. The fourth-order valence-corrected chi connectivity index (χ4v) is 1.70. The lowest BCUT2D eigenvalue weighted by Gasteiger charge is -2.05. The molecular formula is C14H21NO. The minimum atomic E-state index is 0.823. The molecule has 1 aliphatic rings. The minimum Gasteiger partial charge on any atom is -0.381 e. The SMILES string of the molecule is c1ccc(CCOCCCNC2CC2)cc1. The number of ether oxygens (including phenoxy) is 1. The van der Waals surface area contributed by atoms with Gasteiger partial charge in [0.25, 0.3) is 0 Å². The predicted molar refractivity (Wildman–Crippen MR) is 66.6 cm³/mol. The van der Waals surface area contributed by atoms with Gasteiger partial charge in [0.15, 0.2) is 0 Å². The van der Waals surface area contributed by atoms with Crippen LogP contribution in [-0.4, -0.2) is 25.8 Å². The number of benzene rings is 1. The Morgan fingerprint density at radius 3 is 2.69 bits per heavy atom. The van der Waals surface area contributed by atoms with Gasteiger partial charge in [-0.25, -0.2) is 0 Å². The zero-order chi connectivity index (χ0) is 11.1. The summed E-state index contributed by atoms with van der Waals surface area (Å²) < 4.78 is 5.60. The lowest BCUT2D eigenvalue weighted by molar-refractivity contribution is 0.134. The van der Waals surface area contributed by atoms with Crippen molar-refractivity contribution in [1.82, 2.24) is 5.32 Å². The van der Waals surface area contributed by atoms with Crippen LogP contribution in [-0.2, 0) is 11.2 Å². The summed E-state index contributed by atoms with van der Waals surface area (Å²) in [6.07, 6.45) is 4.89. The molecule has 0 saturated heterocycles. The summed E-state index contributed by atoms with van der Waals surface area (Å²) in [4.78, 5) is 0. The Hall–Kier alpha value is -0.860. The molecule has 16 heavy (non-hydrogen) atoms. The first-order chi connectivity index (χ1) is 7.95. The molecule has 1 aliphatic carbocycles. The molecule has 0 aromatic heterocycles. The van der Waals surface area contributed by atoms with E-state index in [0.29, 0.717) is 0 Å². The Labute approximate surface area is 98.0 Å². The van der Waals surface area contributed by atoms with E-state index >= 15 is 0 Å². The fraction of sp³-hybridized carbons (Fsp3) is 0.571. The van der Waals surface area contributed by atoms with Crippen LogP contribution in [0.1, 0.15) is 24.8 Å². The molecule has 0 atom stereocenters. The van der Waals surface area contributed by atoms with Gasteiger partial charge in [0.05, 0.1) is 6.61 Å². The number of hydrogen-bond donors (Lipinski definition) is 1. The van der Waals surface area contributed by atoms with Gasteiger partial charge in [0.1, 0.15) is 0 Å². The molecule has 2 rings (SSSR count). The lowest BCUT2D eigenvalue weighted by atomic mass is 10.2. The van der Waals surface area contributed by atoms with Gasteiger partial charge in [0, 0.05) is 12.6 Å². The molecule has 2 heteroatoms. The Kier molecular flexibility index (Phi) is 4.84. The smallest absolute Gasteiger partial charge is 0.0506 e. The van der Waals surface area contributed by atoms with Crippen LogP contribution in [0.15, 0.2) is 30.3 Å². The van der Waals surface area contributed by atoms with Crippen molar-refractivity contribution in [2.45, 2.75) is 31.7 Å². The van der Waals surface area contributed by atoms with Gasteiger partial charge in [0.2, 0.25) is 0 Å². The van der Waals surface area contributed by atoms with Crippen LogP contribution < -0.4 is 5.32 Å². The van der Waals surface area contributed by atoms with Gasteiger partial charge in [-0.1, -0.05) is 30.3 Å². The van der Waals surface area contributed by atoms with E-state index in [1.807, 2.05) is 6.07 Å². The molecule has 1 aromatic carbocycles. The molecule has 0 amide bonds. The standard InChI is InChI=1S/C14H21NO/c1-2-5-13(6-3-1)9-12-16-11-4-10-15-14-7-8-14/h1-3,5-6,14-15H,4,7-12H2. The van der Waals surface area contributed by atoms with Crippen molar-refractivity contribution in [3.63, 3.8) is 0 Å². The quantitative estimate of drug-likeness (QED) is 0.678. The van der Waals surface area contributed by atoms with Gasteiger partial charge in [-0.05, 0) is 37.8 Å². The maximum Gasteiger partial charge on any atom is 0.0506 e. The third-order valence-corrected chi connectivity index (χ3v) is 2.85. The third kappa shape index (κ3) is 4.77. The molecule has 0 bridgehead atoms. The van der Waals surface area contributed by atoms with Gasteiger partial charge < -0.3 is 10.1 Å². The van der Waals surface area contributed by atoms with Crippen LogP contribution in [0.2, 0.25) is 0 Å². The van der Waals surface area contributed by atoms with Crippen LogP contribution in [0, 0.1) is 0 Å². The molecule has 2 nitrogen and oxygen atoms in total. The minimum absolute atomic E-state index is 0.823. The van der Waals surface area contributed by atoms with Crippen LogP contribution in [0.5, 0.6) is 0 Å². The number of rotatable bonds is 8. The van der Waals surface area contributed by atoms with Gasteiger partial charge in [-0.2, -0.15) is 0 Å². The highest BCUT2D eigenvalue weighted by molar-refractivity contribution is 5.14. The second kappa shape index (κ2) is 6.66. The predicted octanol–water partition coefficient (Wildman–Crippen LogP) is 2.39. The average molecular weight is 219 g/mol. The van der Waals surface area contributed by atoms with Crippen molar-refractivity contribution in [1.29, 1.82) is 0 Å². The number of hydrogen-bond acceptors (Lipinski definition) is 2. The molecule has 1 aromatic rings. The molecule has 0 aliphatic heterocycles. The van der Waals surface area contributed by atoms with E-state index in [-0.39, 0.29) is 0 Å². The molecular weight excluding hydrogens is 198 g/mol. The fourth-order valence-electron chi connectivity index (χ4n) is 1.70. The van der Waals surface area contributed by atoms with Gasteiger partial charge in [-0.15, -0.1) is 0 Å². The van der Waals surface area contributed by atoms with Crippen LogP contribution >= 0.6 is 0 Å². The Morgan fingerprint density at radius 2 is 1.94 bits per heavy atom. The van der Waals surface area contributed by atoms with Crippen molar-refractivity contribution < 1.29 is 4.74 Å². The average Bonchev–Trinajstić information content (AvgIpc) is 3.13. The van der Waals surface area contributed by atoms with E-state index in [9.17, 15) is 0 Å². The molecule has 88 valence electrons. The first-order valence-corrected chi connectivity index (χ1v) is 6.30. The molecule has 0 unspecified atom stereocenters. The molecule has 1 N–H and O–H groups in total. The van der Waals surface area contributed by atoms with Crippen molar-refractivity contribution in [3.05, 3.63) is 35.9 Å². The Balaban J connectivity index is 1.42. The Morgan fingerprint density at radius 1 is 1.12 bits per heavy atom. The summed E-state index contributed by atoms with van der Waals surface area (Å²) in [5.41, 5.74) is 1.36. The lowest BCUT2D eigenvalue weighted by Crippen LogP contribution is -2.19. The highest BCUT2D eigenvalue weighted by Crippen LogP contribution is 2.18. The zero-order valence-corrected chi connectivity index (χ0v) is 9.82. The van der Waals surface area contributed by atoms with E-state index < -0.39 is 0 Å². The summed E-state index contributed by atoms with van der Waals surface area (Å²) in [7, 11) is 0. The monoisotopic (exact) mass is 219 g/mol. The third-order valence-electron chi connectivity index (χ3n) is 2.85. The zero-order valence-electron chi connectivity index (χ0n) is 9.82. The second-order valence-corrected chi connectivity index (χ2v) is 4.43. The largest absolute Gasteiger partial charge is 0.381 e. The second-order valence-electron chi connectivity index (χ2n) is 4.43. The van der Waals surface area contributed by atoms with Crippen LogP contribution in [0.25, 0.3) is 0 Å². The molecule has 1 saturated carbocycles. The van der Waals surface area contributed by atoms with Crippen molar-refractivity contribution >= 4 is 0 Å². The van der Waals surface area contributed by atoms with E-state index in [1.54, 1.807) is 0 Å². The highest BCUT2D eigenvalue weighted by Gasteiger charge is 2.19.